The molecule has 2 aliphatic carbocycles. The van der Waals surface area contributed by atoms with Crippen LogP contribution < -0.4 is 15.4 Å². The van der Waals surface area contributed by atoms with Crippen molar-refractivity contribution in [1.29, 1.82) is 0 Å². The van der Waals surface area contributed by atoms with Gasteiger partial charge in [0, 0.05) is 48.2 Å². The van der Waals surface area contributed by atoms with E-state index in [0.29, 0.717) is 42.6 Å². The van der Waals surface area contributed by atoms with E-state index in [1.807, 2.05) is 0 Å². The minimum absolute atomic E-state index is 0.0206. The van der Waals surface area contributed by atoms with Crippen LogP contribution in [0.2, 0.25) is 0 Å². The highest BCUT2D eigenvalue weighted by Crippen LogP contribution is 2.68. The van der Waals surface area contributed by atoms with Crippen molar-refractivity contribution in [1.82, 2.24) is 34.8 Å². The Morgan fingerprint density at radius 2 is 1.80 bits per heavy atom. The zero-order chi connectivity index (χ0) is 39.4. The first kappa shape index (κ1) is 36.7. The molecular weight excluding hydrogens is 780 g/mol. The van der Waals surface area contributed by atoms with Crippen LogP contribution in [0, 0.1) is 17.6 Å². The summed E-state index contributed by atoms with van der Waals surface area (Å²) in [6.07, 6.45) is -4.56. The summed E-state index contributed by atoms with van der Waals surface area (Å²) in [7, 11) is -0.552. The van der Waals surface area contributed by atoms with E-state index in [1.165, 1.54) is 16.0 Å². The maximum absolute atomic E-state index is 15.4. The van der Waals surface area contributed by atoms with Crippen LogP contribution in [-0.4, -0.2) is 57.2 Å². The van der Waals surface area contributed by atoms with Crippen molar-refractivity contribution in [3.05, 3.63) is 82.3 Å². The number of thiazole rings is 1. The van der Waals surface area contributed by atoms with Crippen molar-refractivity contribution in [2.75, 3.05) is 23.3 Å². The number of anilines is 2. The third-order valence-corrected chi connectivity index (χ3v) is 11.2. The van der Waals surface area contributed by atoms with Gasteiger partial charge in [0.05, 0.1) is 28.2 Å². The maximum Gasteiger partial charge on any atom is 0.435 e. The van der Waals surface area contributed by atoms with Crippen molar-refractivity contribution in [2.45, 2.75) is 43.4 Å². The molecule has 0 aliphatic heterocycles. The Hall–Kier alpha value is -5.31. The molecule has 0 unspecified atom stereocenters. The summed E-state index contributed by atoms with van der Waals surface area (Å²) in [4.78, 5) is 23.1. The van der Waals surface area contributed by atoms with Gasteiger partial charge >= 0.3 is 6.18 Å². The van der Waals surface area contributed by atoms with Gasteiger partial charge in [0.15, 0.2) is 22.3 Å². The molecule has 2 aliphatic rings. The number of halogens is 7. The molecule has 3 N–H and O–H groups in total. The number of carbonyl (C=O) groups is 1. The second-order valence-corrected chi connectivity index (χ2v) is 16.3. The number of aryl methyl sites for hydroxylation is 1. The van der Waals surface area contributed by atoms with Gasteiger partial charge in [0.1, 0.15) is 23.9 Å². The van der Waals surface area contributed by atoms with Crippen LogP contribution >= 0.6 is 11.3 Å². The normalized spacial score (nSPS) is 18.0. The monoisotopic (exact) mass is 807 g/mol. The zero-order valence-corrected chi connectivity index (χ0v) is 30.4. The molecule has 8 rings (SSSR count). The fraction of sp³-hybridized carbons (Fsp3) is 0.324. The summed E-state index contributed by atoms with van der Waals surface area (Å²) in [6.45, 7) is -1.04. The molecular formula is C34H28F7N9O3S2. The number of amides is 1. The van der Waals surface area contributed by atoms with Crippen LogP contribution in [0.1, 0.15) is 46.6 Å². The number of nitrogens with one attached hydrogen (secondary N) is 3. The fourth-order valence-electron chi connectivity index (χ4n) is 7.42. The van der Waals surface area contributed by atoms with Gasteiger partial charge in [-0.3, -0.25) is 18.9 Å². The number of para-hydroxylation sites is 1. The number of benzene rings is 2. The lowest BCUT2D eigenvalue weighted by Gasteiger charge is -2.23. The summed E-state index contributed by atoms with van der Waals surface area (Å²) in [5.41, 5.74) is -1.53. The molecule has 21 heteroatoms. The molecule has 0 radical (unpaired) electrons. The molecule has 1 saturated carbocycles. The van der Waals surface area contributed by atoms with Gasteiger partial charge in [0.25, 0.3) is 5.92 Å². The van der Waals surface area contributed by atoms with Crippen molar-refractivity contribution in [2.24, 2.45) is 13.0 Å². The van der Waals surface area contributed by atoms with Crippen LogP contribution in [-0.2, 0) is 46.9 Å². The van der Waals surface area contributed by atoms with Crippen molar-refractivity contribution < 1.29 is 43.9 Å². The predicted molar refractivity (Wildman–Crippen MR) is 188 cm³/mol. The highest BCUT2D eigenvalue weighted by molar-refractivity contribution is 7.92. The Kier molecular flexibility index (Phi) is 8.41. The number of sulfonamides is 1. The van der Waals surface area contributed by atoms with Crippen molar-refractivity contribution in [3.63, 3.8) is 0 Å². The summed E-state index contributed by atoms with van der Waals surface area (Å²) in [5, 5.41) is 14.2. The molecule has 1 fully saturated rings. The van der Waals surface area contributed by atoms with E-state index >= 15 is 8.78 Å². The second-order valence-electron chi connectivity index (χ2n) is 13.5. The summed E-state index contributed by atoms with van der Waals surface area (Å²) >= 11 is 1.23. The topological polar surface area (TPSA) is 149 Å². The van der Waals surface area contributed by atoms with Gasteiger partial charge in [0.2, 0.25) is 15.9 Å². The first-order valence-electron chi connectivity index (χ1n) is 16.6. The third kappa shape index (κ3) is 6.51. The lowest BCUT2D eigenvalue weighted by Crippen LogP contribution is -2.35. The second kappa shape index (κ2) is 12.6. The first-order chi connectivity index (χ1) is 25.8. The standard InChI is InChI=1S/C34H28F7N9O3S2/c1-42-32-45-31-23(54-32)12-19(17-5-4-6-18-27(17)49(2)47-30(18)48-55(3,52)53)26(44-31)22(9-14-7-15(35)10-16(36)8-14)43-24(51)13-50-29-25(28(46-50)34(39,40)41)20-11-21(20)33(29,37)38/h4-8,10,12,20-22H,9,11,13H2,1-3H3,(H,43,51)(H,47,48)(H,42,44,45)/t20-,21+,22-/m0/s1. The Morgan fingerprint density at radius 1 is 1.07 bits per heavy atom. The molecule has 6 aromatic rings. The van der Waals surface area contributed by atoms with Gasteiger partial charge in [-0.05, 0) is 48.6 Å². The quantitative estimate of drug-likeness (QED) is 0.134. The highest BCUT2D eigenvalue weighted by atomic mass is 32.2. The van der Waals surface area contributed by atoms with Crippen molar-refractivity contribution >= 4 is 59.5 Å². The van der Waals surface area contributed by atoms with Crippen molar-refractivity contribution in [3.8, 4) is 11.1 Å². The van der Waals surface area contributed by atoms with Crippen LogP contribution in [0.5, 0.6) is 0 Å². The highest BCUT2D eigenvalue weighted by Gasteiger charge is 2.68. The minimum atomic E-state index is -5.05. The summed E-state index contributed by atoms with van der Waals surface area (Å²) in [5.74, 6) is -8.90. The van der Waals surface area contributed by atoms with E-state index in [0.717, 1.165) is 18.4 Å². The molecule has 3 atom stereocenters. The molecule has 1 amide bonds. The lowest BCUT2D eigenvalue weighted by atomic mass is 9.94. The van der Waals surface area contributed by atoms with Crippen LogP contribution in [0.3, 0.4) is 0 Å². The molecule has 4 heterocycles. The van der Waals surface area contributed by atoms with E-state index in [2.05, 4.69) is 30.5 Å². The predicted octanol–water partition coefficient (Wildman–Crippen LogP) is 6.46. The summed E-state index contributed by atoms with van der Waals surface area (Å²) in [6, 6.07) is 8.03. The van der Waals surface area contributed by atoms with Crippen LogP contribution in [0.4, 0.5) is 41.7 Å². The van der Waals surface area contributed by atoms with E-state index in [9.17, 15) is 35.2 Å². The number of aromatic nitrogens is 6. The van der Waals surface area contributed by atoms with Crippen LogP contribution in [0.25, 0.3) is 32.4 Å². The maximum atomic E-state index is 15.4. The number of hydrogen-bond acceptors (Lipinski definition) is 9. The van der Waals surface area contributed by atoms with Gasteiger partial charge in [-0.25, -0.2) is 27.2 Å². The first-order valence-corrected chi connectivity index (χ1v) is 19.3. The smallest absolute Gasteiger partial charge is 0.365 e. The molecule has 0 saturated heterocycles. The number of fused-ring (bicyclic) bond motifs is 5. The van der Waals surface area contributed by atoms with Gasteiger partial charge in [-0.2, -0.15) is 32.1 Å². The third-order valence-electron chi connectivity index (χ3n) is 9.58. The van der Waals surface area contributed by atoms with Gasteiger partial charge < -0.3 is 10.6 Å². The van der Waals surface area contributed by atoms with E-state index in [1.54, 1.807) is 38.4 Å². The van der Waals surface area contributed by atoms with E-state index < -0.39 is 81.0 Å². The Bertz CT molecular complexity index is 2650. The number of rotatable bonds is 10. The van der Waals surface area contributed by atoms with E-state index in [-0.39, 0.29) is 35.6 Å². The summed E-state index contributed by atoms with van der Waals surface area (Å²) < 4.78 is 131. The fourth-order valence-corrected chi connectivity index (χ4v) is 8.72. The number of alkyl halides is 5. The molecule has 55 heavy (non-hydrogen) atoms. The van der Waals surface area contributed by atoms with E-state index in [4.69, 9.17) is 4.98 Å². The van der Waals surface area contributed by atoms with Gasteiger partial charge in [-0.15, -0.1) is 0 Å². The number of pyridine rings is 1. The average molecular weight is 808 g/mol. The van der Waals surface area contributed by atoms with Gasteiger partial charge in [-0.1, -0.05) is 23.5 Å². The number of carbonyl (C=O) groups excluding carboxylic acids is 1. The molecule has 0 bridgehead atoms. The largest absolute Gasteiger partial charge is 0.435 e. The molecule has 2 aromatic carbocycles. The number of hydrogen-bond donors (Lipinski definition) is 3. The number of nitrogens with zero attached hydrogens (tertiary/aromatic N) is 6. The molecule has 0 spiro atoms. The molecule has 288 valence electrons. The Balaban J connectivity index is 1.28. The molecule has 4 aromatic heterocycles. The Labute approximate surface area is 310 Å². The zero-order valence-electron chi connectivity index (χ0n) is 28.8. The van der Waals surface area contributed by atoms with Crippen LogP contribution in [0.15, 0.2) is 42.5 Å². The SMILES string of the molecule is CNc1nc2nc([C@H](Cc3cc(F)cc(F)c3)NC(=O)Cn3nc(C(F)(F)F)c4c3C(F)(F)[C@@H]3C[C@H]43)c(-c3cccc4c(NS(C)(=O)=O)nn(C)c34)cc2s1. The Morgan fingerprint density at radius 3 is 2.47 bits per heavy atom. The molecule has 12 nitrogen and oxygen atoms in total. The average Bonchev–Trinajstić information content (AvgIpc) is 3.36. The minimum Gasteiger partial charge on any atom is -0.365 e. The lowest BCUT2D eigenvalue weighted by molar-refractivity contribution is -0.142.